The van der Waals surface area contributed by atoms with Crippen molar-refractivity contribution >= 4 is 17.0 Å². The first-order chi connectivity index (χ1) is 8.70. The molecule has 1 unspecified atom stereocenters. The molecule has 5 nitrogen and oxygen atoms in total. The van der Waals surface area contributed by atoms with Crippen molar-refractivity contribution in [3.8, 4) is 5.95 Å². The van der Waals surface area contributed by atoms with E-state index in [9.17, 15) is 0 Å². The minimum atomic E-state index is 0.248. The van der Waals surface area contributed by atoms with Gasteiger partial charge in [0.15, 0.2) is 0 Å². The predicted molar refractivity (Wildman–Crippen MR) is 71.0 cm³/mol. The first-order valence-corrected chi connectivity index (χ1v) is 6.09. The lowest BCUT2D eigenvalue weighted by Gasteiger charge is -2.07. The van der Waals surface area contributed by atoms with Gasteiger partial charge >= 0.3 is 0 Å². The van der Waals surface area contributed by atoms with Gasteiger partial charge in [-0.05, 0) is 36.1 Å². The van der Waals surface area contributed by atoms with Crippen molar-refractivity contribution in [2.75, 3.05) is 5.73 Å². The van der Waals surface area contributed by atoms with Crippen molar-refractivity contribution in [2.45, 2.75) is 26.2 Å². The fourth-order valence-electron chi connectivity index (χ4n) is 2.27. The van der Waals surface area contributed by atoms with Crippen LogP contribution in [0, 0.1) is 0 Å². The van der Waals surface area contributed by atoms with Crippen molar-refractivity contribution in [2.24, 2.45) is 0 Å². The van der Waals surface area contributed by atoms with E-state index in [0.29, 0.717) is 11.9 Å². The fourth-order valence-corrected chi connectivity index (χ4v) is 2.27. The van der Waals surface area contributed by atoms with Crippen LogP contribution in [0.2, 0.25) is 0 Å². The number of fused-ring (bicyclic) bond motifs is 2. The second kappa shape index (κ2) is 3.94. The third kappa shape index (κ3) is 1.51. The Morgan fingerprint density at radius 3 is 2.89 bits per heavy atom. The molecule has 0 aliphatic rings. The van der Waals surface area contributed by atoms with E-state index in [2.05, 4.69) is 47.0 Å². The molecule has 3 aromatic heterocycles. The molecule has 3 aromatic rings. The summed E-state index contributed by atoms with van der Waals surface area (Å²) in [6, 6.07) is 6.38. The number of rotatable bonds is 3. The molecule has 3 rings (SSSR count). The Bertz CT molecular complexity index is 672. The zero-order chi connectivity index (χ0) is 12.7. The van der Waals surface area contributed by atoms with Gasteiger partial charge in [-0.3, -0.25) is 4.57 Å². The lowest BCUT2D eigenvalue weighted by atomic mass is 9.99. The summed E-state index contributed by atoms with van der Waals surface area (Å²) in [5.41, 5.74) is 9.22. The van der Waals surface area contributed by atoms with Gasteiger partial charge in [-0.25, -0.2) is 9.97 Å². The van der Waals surface area contributed by atoms with Gasteiger partial charge in [0.25, 0.3) is 0 Å². The standard InChI is InChI=1S/C13H15N5/c1-3-8(2)10-6-9-4-5-11(10)18(9)13-16-7-15-12(14)17-13/h4-8H,3H2,1-2H3,(H2,14,15,16,17). The molecule has 0 spiro atoms. The van der Waals surface area contributed by atoms with Crippen LogP contribution in [0.3, 0.4) is 0 Å². The van der Waals surface area contributed by atoms with Crippen molar-refractivity contribution < 1.29 is 0 Å². The Labute approximate surface area is 105 Å². The summed E-state index contributed by atoms with van der Waals surface area (Å²) in [6.45, 7) is 4.42. The topological polar surface area (TPSA) is 69.6 Å². The predicted octanol–water partition coefficient (Wildman–Crippen LogP) is 2.35. The van der Waals surface area contributed by atoms with Crippen LogP contribution >= 0.6 is 0 Å². The second-order valence-electron chi connectivity index (χ2n) is 4.53. The molecule has 0 aromatic carbocycles. The maximum absolute atomic E-state index is 5.61. The average molecular weight is 241 g/mol. The van der Waals surface area contributed by atoms with E-state index < -0.39 is 0 Å². The molecule has 0 amide bonds. The first-order valence-electron chi connectivity index (χ1n) is 6.09. The number of nitrogens with zero attached hydrogens (tertiary/aromatic N) is 4. The number of anilines is 1. The Morgan fingerprint density at radius 1 is 1.33 bits per heavy atom. The van der Waals surface area contributed by atoms with Crippen LogP contribution in [0.25, 0.3) is 17.0 Å². The Balaban J connectivity index is 2.18. The van der Waals surface area contributed by atoms with Gasteiger partial charge in [0, 0.05) is 5.52 Å². The highest BCUT2D eigenvalue weighted by atomic mass is 15.2. The largest absolute Gasteiger partial charge is 0.368 e. The minimum Gasteiger partial charge on any atom is -0.368 e. The van der Waals surface area contributed by atoms with Crippen LogP contribution in [0.4, 0.5) is 5.95 Å². The lowest BCUT2D eigenvalue weighted by Crippen LogP contribution is -2.04. The highest BCUT2D eigenvalue weighted by Crippen LogP contribution is 2.32. The minimum absolute atomic E-state index is 0.248. The maximum Gasteiger partial charge on any atom is 0.239 e. The Hall–Kier alpha value is -2.17. The van der Waals surface area contributed by atoms with E-state index in [4.69, 9.17) is 5.73 Å². The van der Waals surface area contributed by atoms with Crippen molar-refractivity contribution in [1.82, 2.24) is 19.5 Å². The van der Waals surface area contributed by atoms with Gasteiger partial charge < -0.3 is 5.73 Å². The van der Waals surface area contributed by atoms with E-state index in [0.717, 1.165) is 17.5 Å². The van der Waals surface area contributed by atoms with E-state index in [1.807, 2.05) is 4.57 Å². The smallest absolute Gasteiger partial charge is 0.239 e. The van der Waals surface area contributed by atoms with E-state index in [1.54, 1.807) is 0 Å². The summed E-state index contributed by atoms with van der Waals surface area (Å²) < 4.78 is 2.03. The summed E-state index contributed by atoms with van der Waals surface area (Å²) in [5, 5.41) is 0. The van der Waals surface area contributed by atoms with Gasteiger partial charge in [0.2, 0.25) is 11.9 Å². The van der Waals surface area contributed by atoms with Gasteiger partial charge in [-0.1, -0.05) is 13.8 Å². The number of hydrogen-bond donors (Lipinski definition) is 1. The van der Waals surface area contributed by atoms with E-state index in [1.165, 1.54) is 11.9 Å². The maximum atomic E-state index is 5.61. The molecule has 0 saturated carbocycles. The molecule has 0 saturated heterocycles. The number of benzene rings is 1. The van der Waals surface area contributed by atoms with E-state index >= 15 is 0 Å². The van der Waals surface area contributed by atoms with Crippen LogP contribution in [0.15, 0.2) is 24.5 Å². The van der Waals surface area contributed by atoms with Crippen LogP contribution < -0.4 is 5.73 Å². The average Bonchev–Trinajstić information content (AvgIpc) is 2.95. The van der Waals surface area contributed by atoms with Crippen LogP contribution in [-0.2, 0) is 0 Å². The summed E-state index contributed by atoms with van der Waals surface area (Å²) in [5.74, 6) is 1.37. The fraction of sp³-hybridized carbons (Fsp3) is 0.308. The number of aromatic nitrogens is 4. The third-order valence-corrected chi connectivity index (χ3v) is 3.43. The van der Waals surface area contributed by atoms with Crippen LogP contribution in [0.1, 0.15) is 31.7 Å². The molecule has 0 fully saturated rings. The molecule has 2 bridgehead atoms. The van der Waals surface area contributed by atoms with Crippen molar-refractivity contribution in [3.05, 3.63) is 30.1 Å². The van der Waals surface area contributed by atoms with Gasteiger partial charge in [0.05, 0.1) is 5.52 Å². The summed E-state index contributed by atoms with van der Waals surface area (Å²) >= 11 is 0. The van der Waals surface area contributed by atoms with Crippen molar-refractivity contribution in [1.29, 1.82) is 0 Å². The molecule has 0 aliphatic carbocycles. The molecule has 18 heavy (non-hydrogen) atoms. The summed E-state index contributed by atoms with van der Waals surface area (Å²) in [7, 11) is 0. The third-order valence-electron chi connectivity index (χ3n) is 3.43. The molecule has 92 valence electrons. The lowest BCUT2D eigenvalue weighted by molar-refractivity contribution is 0.739. The zero-order valence-corrected chi connectivity index (χ0v) is 10.5. The normalized spacial score (nSPS) is 13.2. The Kier molecular flexibility index (Phi) is 2.40. The highest BCUT2D eigenvalue weighted by Gasteiger charge is 2.17. The van der Waals surface area contributed by atoms with E-state index in [-0.39, 0.29) is 5.95 Å². The van der Waals surface area contributed by atoms with Crippen molar-refractivity contribution in [3.63, 3.8) is 0 Å². The SMILES string of the molecule is CCC(C)c1cc2ccc1n2-c1ncnc(N)n1. The number of nitrogens with two attached hydrogens (primary N) is 1. The first kappa shape index (κ1) is 11.0. The van der Waals surface area contributed by atoms with Gasteiger partial charge in [-0.2, -0.15) is 4.98 Å². The number of hydrogen-bond acceptors (Lipinski definition) is 4. The van der Waals surface area contributed by atoms with Gasteiger partial charge in [-0.15, -0.1) is 0 Å². The monoisotopic (exact) mass is 241 g/mol. The molecule has 1 atom stereocenters. The molecule has 0 radical (unpaired) electrons. The second-order valence-corrected chi connectivity index (χ2v) is 4.53. The highest BCUT2D eigenvalue weighted by molar-refractivity contribution is 5.76. The van der Waals surface area contributed by atoms with Crippen LogP contribution in [0.5, 0.6) is 0 Å². The molecule has 2 N–H and O–H groups in total. The quantitative estimate of drug-likeness (QED) is 0.764. The summed E-state index contributed by atoms with van der Waals surface area (Å²) in [6.07, 6.45) is 2.56. The van der Waals surface area contributed by atoms with Crippen LogP contribution in [-0.4, -0.2) is 19.5 Å². The molecule has 3 heterocycles. The Morgan fingerprint density at radius 2 is 2.17 bits per heavy atom. The zero-order valence-electron chi connectivity index (χ0n) is 10.5. The summed E-state index contributed by atoms with van der Waals surface area (Å²) in [4.78, 5) is 12.2. The van der Waals surface area contributed by atoms with Gasteiger partial charge in [0.1, 0.15) is 6.33 Å². The molecule has 0 aliphatic heterocycles. The molecular weight excluding hydrogens is 226 g/mol. The number of nitrogen functional groups attached to an aromatic ring is 1. The molecular formula is C13H15N5. The molecule has 5 heteroatoms.